The van der Waals surface area contributed by atoms with E-state index >= 15 is 0 Å². The summed E-state index contributed by atoms with van der Waals surface area (Å²) in [6, 6.07) is 14.6. The molecule has 8 rings (SSSR count). The highest BCUT2D eigenvalue weighted by atomic mass is 16.7. The van der Waals surface area contributed by atoms with Crippen LogP contribution in [-0.4, -0.2) is 92.0 Å². The lowest BCUT2D eigenvalue weighted by atomic mass is 9.72. The number of likely N-dealkylation sites (N-methyl/N-ethyl adjacent to an activating group) is 1. The van der Waals surface area contributed by atoms with Gasteiger partial charge < -0.3 is 24.8 Å². The molecule has 3 aromatic rings. The number of aryl methyl sites for hydroxylation is 1. The van der Waals surface area contributed by atoms with Crippen LogP contribution in [0.5, 0.6) is 0 Å². The first-order chi connectivity index (χ1) is 21.1. The maximum atomic E-state index is 14.2. The van der Waals surface area contributed by atoms with Gasteiger partial charge in [-0.1, -0.05) is 42.5 Å². The molecule has 5 aliphatic rings. The Morgan fingerprint density at radius 1 is 1.11 bits per heavy atom. The predicted molar refractivity (Wildman–Crippen MR) is 162 cm³/mol. The Kier molecular flexibility index (Phi) is 6.08. The molecule has 0 spiro atoms. The molecule has 0 bridgehead atoms. The molecule has 2 N–H and O–H groups in total. The van der Waals surface area contributed by atoms with Crippen molar-refractivity contribution in [1.29, 1.82) is 0 Å². The summed E-state index contributed by atoms with van der Waals surface area (Å²) >= 11 is 0. The molecular weight excluding hydrogens is 558 g/mol. The average molecular weight is 598 g/mol. The van der Waals surface area contributed by atoms with Crippen LogP contribution >= 0.6 is 0 Å². The van der Waals surface area contributed by atoms with Crippen LogP contribution in [0.25, 0.3) is 10.9 Å². The zero-order chi connectivity index (χ0) is 30.5. The van der Waals surface area contributed by atoms with E-state index < -0.39 is 29.6 Å². The van der Waals surface area contributed by atoms with Gasteiger partial charge in [0.2, 0.25) is 17.5 Å². The first-order valence-corrected chi connectivity index (χ1v) is 15.8. The Balaban J connectivity index is 1.08. The van der Waals surface area contributed by atoms with Gasteiger partial charge in [-0.3, -0.25) is 24.0 Å². The Hall–Kier alpha value is -3.73. The fourth-order valence-corrected chi connectivity index (χ4v) is 8.93. The summed E-state index contributed by atoms with van der Waals surface area (Å²) in [4.78, 5) is 47.1. The highest BCUT2D eigenvalue weighted by Crippen LogP contribution is 2.47. The van der Waals surface area contributed by atoms with E-state index in [4.69, 9.17) is 4.74 Å². The summed E-state index contributed by atoms with van der Waals surface area (Å²) in [5.74, 6) is -3.30. The third kappa shape index (κ3) is 3.87. The largest absolute Gasteiger partial charge is 0.350 e. The fraction of sp³-hybridized carbons (Fsp3) is 0.500. The standard InChI is InChI=1S/C34H39N5O5/c1-33(32(42)39-27(15-20-9-5-4-6-10-20)31(41)38-14-8-13-28(38)34(39,43)44-33)35-30(40)22-16-24-23-11-7-12-25-29(23)21(18-36(25)2)17-26(24)37(3)19-22/h4-7,9-12,18,22,24,26-28,43H,8,13-17,19H2,1-3H3,(H,35,40)/t22-,24-,26-,27+,28+,33-,34+/m1/s1. The number of nitrogens with zero attached hydrogens (tertiary/aromatic N) is 4. The summed E-state index contributed by atoms with van der Waals surface area (Å²) < 4.78 is 8.44. The molecule has 10 heteroatoms. The van der Waals surface area contributed by atoms with Gasteiger partial charge in [0.1, 0.15) is 12.1 Å². The topological polar surface area (TPSA) is 107 Å². The Morgan fingerprint density at radius 2 is 1.91 bits per heavy atom. The highest BCUT2D eigenvalue weighted by molar-refractivity contribution is 5.97. The van der Waals surface area contributed by atoms with Crippen molar-refractivity contribution in [2.24, 2.45) is 13.0 Å². The lowest BCUT2D eigenvalue weighted by Crippen LogP contribution is -2.71. The number of aromatic nitrogens is 1. The molecule has 44 heavy (non-hydrogen) atoms. The number of carbonyl (C=O) groups is 3. The molecule has 3 amide bonds. The number of piperazine rings is 1. The summed E-state index contributed by atoms with van der Waals surface area (Å²) in [5.41, 5.74) is 2.88. The lowest BCUT2D eigenvalue weighted by Gasteiger charge is -2.48. The first kappa shape index (κ1) is 27.8. The quantitative estimate of drug-likeness (QED) is 0.477. The molecule has 4 saturated heterocycles. The van der Waals surface area contributed by atoms with Crippen LogP contribution in [-0.2, 0) is 39.0 Å². The van der Waals surface area contributed by atoms with E-state index in [1.54, 1.807) is 4.90 Å². The van der Waals surface area contributed by atoms with Gasteiger partial charge in [-0.05, 0) is 62.4 Å². The first-order valence-electron chi connectivity index (χ1n) is 15.8. The van der Waals surface area contributed by atoms with Crippen molar-refractivity contribution >= 4 is 28.6 Å². The Labute approximate surface area is 256 Å². The third-order valence-electron chi connectivity index (χ3n) is 10.9. The molecule has 2 aromatic carbocycles. The zero-order valence-corrected chi connectivity index (χ0v) is 25.4. The van der Waals surface area contributed by atoms with Crippen molar-refractivity contribution in [3.05, 3.63) is 71.4 Å². The van der Waals surface area contributed by atoms with E-state index in [1.165, 1.54) is 33.9 Å². The number of aliphatic hydroxyl groups is 1. The second-order valence-corrected chi connectivity index (χ2v) is 13.6. The minimum absolute atomic E-state index is 0.173. The van der Waals surface area contributed by atoms with Crippen molar-refractivity contribution in [2.75, 3.05) is 20.1 Å². The van der Waals surface area contributed by atoms with Crippen LogP contribution < -0.4 is 5.32 Å². The number of piperidine rings is 1. The third-order valence-corrected chi connectivity index (χ3v) is 10.9. The van der Waals surface area contributed by atoms with Gasteiger partial charge in [-0.25, -0.2) is 0 Å². The van der Waals surface area contributed by atoms with Crippen molar-refractivity contribution < 1.29 is 24.2 Å². The number of hydrogen-bond donors (Lipinski definition) is 2. The van der Waals surface area contributed by atoms with Crippen LogP contribution in [0, 0.1) is 5.92 Å². The molecule has 0 radical (unpaired) electrons. The van der Waals surface area contributed by atoms with E-state index in [0.29, 0.717) is 32.4 Å². The number of nitrogens with one attached hydrogen (secondary N) is 1. The maximum absolute atomic E-state index is 14.2. The number of fused-ring (bicyclic) bond motifs is 5. The van der Waals surface area contributed by atoms with Crippen molar-refractivity contribution in [3.8, 4) is 0 Å². The second-order valence-electron chi connectivity index (χ2n) is 13.6. The summed E-state index contributed by atoms with van der Waals surface area (Å²) in [5, 5.41) is 16.3. The van der Waals surface area contributed by atoms with Crippen molar-refractivity contribution in [2.45, 2.75) is 74.7 Å². The van der Waals surface area contributed by atoms with Gasteiger partial charge in [0.05, 0.1) is 5.92 Å². The summed E-state index contributed by atoms with van der Waals surface area (Å²) in [6.07, 6.45) is 5.27. The monoisotopic (exact) mass is 597 g/mol. The smallest absolute Gasteiger partial charge is 0.280 e. The molecule has 0 unspecified atom stereocenters. The lowest BCUT2D eigenvalue weighted by molar-refractivity contribution is -0.315. The number of hydrogen-bond acceptors (Lipinski definition) is 6. The van der Waals surface area contributed by atoms with E-state index in [1.807, 2.05) is 30.3 Å². The van der Waals surface area contributed by atoms with Crippen LogP contribution in [0.4, 0.5) is 0 Å². The Morgan fingerprint density at radius 3 is 2.70 bits per heavy atom. The average Bonchev–Trinajstić information content (AvgIpc) is 3.68. The molecule has 5 heterocycles. The van der Waals surface area contributed by atoms with Crippen molar-refractivity contribution in [3.63, 3.8) is 0 Å². The fourth-order valence-electron chi connectivity index (χ4n) is 8.93. The van der Waals surface area contributed by atoms with Gasteiger partial charge in [0, 0.05) is 55.6 Å². The van der Waals surface area contributed by atoms with Crippen molar-refractivity contribution in [1.82, 2.24) is 24.6 Å². The number of ether oxygens (including phenoxy) is 1. The van der Waals surface area contributed by atoms with Crippen LogP contribution in [0.1, 0.15) is 48.8 Å². The molecule has 1 aromatic heterocycles. The number of carbonyl (C=O) groups excluding carboxylic acids is 3. The summed E-state index contributed by atoms with van der Waals surface area (Å²) in [6.45, 7) is 2.56. The molecule has 0 saturated carbocycles. The minimum Gasteiger partial charge on any atom is -0.350 e. The van der Waals surface area contributed by atoms with Gasteiger partial charge in [-0.15, -0.1) is 0 Å². The van der Waals surface area contributed by atoms with Gasteiger partial charge >= 0.3 is 0 Å². The molecule has 4 fully saturated rings. The Bertz CT molecular complexity index is 1690. The number of benzene rings is 2. The van der Waals surface area contributed by atoms with Crippen LogP contribution in [0.3, 0.4) is 0 Å². The normalized spacial score (nSPS) is 34.7. The van der Waals surface area contributed by atoms with E-state index in [-0.39, 0.29) is 36.1 Å². The van der Waals surface area contributed by atoms with Gasteiger partial charge in [0.25, 0.3) is 11.8 Å². The van der Waals surface area contributed by atoms with E-state index in [9.17, 15) is 19.5 Å². The second kappa shape index (κ2) is 9.63. The predicted octanol–water partition coefficient (Wildman–Crippen LogP) is 2.09. The van der Waals surface area contributed by atoms with Gasteiger partial charge in [-0.2, -0.15) is 0 Å². The van der Waals surface area contributed by atoms with E-state index in [2.05, 4.69) is 53.3 Å². The van der Waals surface area contributed by atoms with Gasteiger partial charge in [0.15, 0.2) is 0 Å². The number of amides is 3. The van der Waals surface area contributed by atoms with E-state index in [0.717, 1.165) is 12.0 Å². The van der Waals surface area contributed by atoms with Crippen LogP contribution in [0.2, 0.25) is 0 Å². The molecule has 4 aliphatic heterocycles. The summed E-state index contributed by atoms with van der Waals surface area (Å²) in [7, 11) is 4.15. The van der Waals surface area contributed by atoms with Crippen LogP contribution in [0.15, 0.2) is 54.7 Å². The SMILES string of the molecule is CN1C[C@H](C(=O)N[C@]2(C)O[C@@]3(O)[C@@H]4CCCN4C(=O)[C@H](Cc4ccccc4)N3C2=O)C[C@@H]2c3cccc4c3c(cn4C)C[C@H]21. The minimum atomic E-state index is -2.03. The molecule has 230 valence electrons. The highest BCUT2D eigenvalue weighted by Gasteiger charge is 2.70. The molecular formula is C34H39N5O5. The molecule has 10 nitrogen and oxygen atoms in total. The molecule has 7 atom stereocenters. The molecule has 1 aliphatic carbocycles. The zero-order valence-electron chi connectivity index (χ0n) is 25.4. The maximum Gasteiger partial charge on any atom is 0.280 e. The number of rotatable bonds is 4. The number of likely N-dealkylation sites (tertiary alicyclic amines) is 1.